The van der Waals surface area contributed by atoms with Crippen molar-refractivity contribution in [3.63, 3.8) is 0 Å². The Hall–Kier alpha value is -1.86. The molecule has 1 aromatic carbocycles. The van der Waals surface area contributed by atoms with Crippen molar-refractivity contribution in [2.75, 3.05) is 26.5 Å². The number of methoxy groups -OCH3 is 1. The van der Waals surface area contributed by atoms with Crippen LogP contribution in [0, 0.1) is 0 Å². The molecule has 1 saturated carbocycles. The van der Waals surface area contributed by atoms with E-state index in [0.717, 1.165) is 19.3 Å². The van der Waals surface area contributed by atoms with E-state index in [0.29, 0.717) is 41.0 Å². The summed E-state index contributed by atoms with van der Waals surface area (Å²) in [6.45, 7) is 1.10. The van der Waals surface area contributed by atoms with Crippen molar-refractivity contribution in [1.29, 1.82) is 0 Å². The number of hydrogen-bond donors (Lipinski definition) is 0. The zero-order valence-corrected chi connectivity index (χ0v) is 17.5. The standard InChI is InChI=1S/C21H29N3O3S/c1-23(16-9-4-3-5-10-16)19(25)15-28-21-22-18-12-7-6-11-17(18)20(26)24(21)13-8-14-27-2/h6-7,11-12,16H,3-5,8-10,13-15H2,1-2H3. The maximum Gasteiger partial charge on any atom is 0.262 e. The van der Waals surface area contributed by atoms with Crippen molar-refractivity contribution in [2.45, 2.75) is 56.3 Å². The van der Waals surface area contributed by atoms with Crippen LogP contribution in [0.3, 0.4) is 0 Å². The van der Waals surface area contributed by atoms with Gasteiger partial charge in [-0.05, 0) is 31.4 Å². The van der Waals surface area contributed by atoms with Gasteiger partial charge in [-0.25, -0.2) is 4.98 Å². The van der Waals surface area contributed by atoms with Crippen LogP contribution in [0.4, 0.5) is 0 Å². The van der Waals surface area contributed by atoms with Crippen LogP contribution in [0.2, 0.25) is 0 Å². The summed E-state index contributed by atoms with van der Waals surface area (Å²) in [5, 5.41) is 1.21. The first kappa shape index (κ1) is 20.9. The van der Waals surface area contributed by atoms with E-state index >= 15 is 0 Å². The summed E-state index contributed by atoms with van der Waals surface area (Å²) in [5.41, 5.74) is 0.614. The Morgan fingerprint density at radius 1 is 1.29 bits per heavy atom. The van der Waals surface area contributed by atoms with Gasteiger partial charge in [0.2, 0.25) is 5.91 Å². The minimum absolute atomic E-state index is 0.0581. The van der Waals surface area contributed by atoms with Gasteiger partial charge in [0.05, 0.1) is 16.7 Å². The van der Waals surface area contributed by atoms with Gasteiger partial charge < -0.3 is 9.64 Å². The number of fused-ring (bicyclic) bond motifs is 1. The van der Waals surface area contributed by atoms with E-state index in [2.05, 4.69) is 4.98 Å². The number of nitrogens with zero attached hydrogens (tertiary/aromatic N) is 3. The Balaban J connectivity index is 1.77. The minimum atomic E-state index is -0.0581. The average molecular weight is 404 g/mol. The number of rotatable bonds is 8. The van der Waals surface area contributed by atoms with Gasteiger partial charge in [-0.2, -0.15) is 0 Å². The van der Waals surface area contributed by atoms with E-state index in [9.17, 15) is 9.59 Å². The van der Waals surface area contributed by atoms with Crippen LogP contribution in [-0.4, -0.2) is 52.9 Å². The van der Waals surface area contributed by atoms with Crippen LogP contribution >= 0.6 is 11.8 Å². The Morgan fingerprint density at radius 2 is 2.04 bits per heavy atom. The highest BCUT2D eigenvalue weighted by molar-refractivity contribution is 7.99. The number of para-hydroxylation sites is 1. The molecule has 0 bridgehead atoms. The summed E-state index contributed by atoms with van der Waals surface area (Å²) >= 11 is 1.35. The van der Waals surface area contributed by atoms with Gasteiger partial charge in [-0.3, -0.25) is 14.2 Å². The van der Waals surface area contributed by atoms with Gasteiger partial charge in [0, 0.05) is 33.4 Å². The monoisotopic (exact) mass is 403 g/mol. The predicted octanol–water partition coefficient (Wildman–Crippen LogP) is 3.32. The first-order chi connectivity index (χ1) is 13.6. The molecule has 1 aromatic heterocycles. The Labute approximate surface area is 170 Å². The van der Waals surface area contributed by atoms with Crippen molar-refractivity contribution in [2.24, 2.45) is 0 Å². The summed E-state index contributed by atoms with van der Waals surface area (Å²) in [6.07, 6.45) is 6.55. The van der Waals surface area contributed by atoms with E-state index in [1.165, 1.54) is 31.0 Å². The molecule has 0 radical (unpaired) electrons. The van der Waals surface area contributed by atoms with E-state index in [1.54, 1.807) is 17.7 Å². The van der Waals surface area contributed by atoms with E-state index in [4.69, 9.17) is 4.74 Å². The molecule has 0 aliphatic heterocycles. The first-order valence-electron chi connectivity index (χ1n) is 9.99. The number of amides is 1. The third kappa shape index (κ3) is 4.94. The average Bonchev–Trinajstić information content (AvgIpc) is 2.74. The lowest BCUT2D eigenvalue weighted by molar-refractivity contribution is -0.129. The number of aromatic nitrogens is 2. The van der Waals surface area contributed by atoms with E-state index < -0.39 is 0 Å². The fourth-order valence-corrected chi connectivity index (χ4v) is 4.67. The topological polar surface area (TPSA) is 64.4 Å². The van der Waals surface area contributed by atoms with Crippen LogP contribution < -0.4 is 5.56 Å². The second-order valence-corrected chi connectivity index (χ2v) is 8.24. The molecular weight excluding hydrogens is 374 g/mol. The molecule has 6 nitrogen and oxygen atoms in total. The zero-order chi connectivity index (χ0) is 19.9. The molecule has 152 valence electrons. The quantitative estimate of drug-likeness (QED) is 0.384. The molecule has 0 atom stereocenters. The third-order valence-electron chi connectivity index (χ3n) is 5.40. The van der Waals surface area contributed by atoms with Gasteiger partial charge in [-0.1, -0.05) is 43.2 Å². The molecule has 0 unspecified atom stereocenters. The van der Waals surface area contributed by atoms with Crippen LogP contribution in [-0.2, 0) is 16.1 Å². The molecule has 1 aliphatic rings. The molecule has 1 amide bonds. The van der Waals surface area contributed by atoms with Crippen LogP contribution in [0.1, 0.15) is 38.5 Å². The number of benzene rings is 1. The van der Waals surface area contributed by atoms with Gasteiger partial charge in [0.15, 0.2) is 5.16 Å². The fourth-order valence-electron chi connectivity index (χ4n) is 3.72. The van der Waals surface area contributed by atoms with E-state index in [1.807, 2.05) is 30.1 Å². The maximum absolute atomic E-state index is 12.9. The number of carbonyl (C=O) groups excluding carboxylic acids is 1. The summed E-state index contributed by atoms with van der Waals surface area (Å²) < 4.78 is 6.80. The van der Waals surface area contributed by atoms with Gasteiger partial charge in [-0.15, -0.1) is 0 Å². The highest BCUT2D eigenvalue weighted by Crippen LogP contribution is 2.23. The summed E-state index contributed by atoms with van der Waals surface area (Å²) in [5.74, 6) is 0.393. The van der Waals surface area contributed by atoms with Crippen LogP contribution in [0.5, 0.6) is 0 Å². The molecule has 28 heavy (non-hydrogen) atoms. The molecule has 0 saturated heterocycles. The second kappa shape index (κ2) is 10.1. The molecule has 2 aromatic rings. The summed E-state index contributed by atoms with van der Waals surface area (Å²) in [4.78, 5) is 32.2. The van der Waals surface area contributed by atoms with Crippen molar-refractivity contribution >= 4 is 28.6 Å². The molecule has 7 heteroatoms. The van der Waals surface area contributed by atoms with Gasteiger partial charge in [0.1, 0.15) is 0 Å². The smallest absolute Gasteiger partial charge is 0.262 e. The fraction of sp³-hybridized carbons (Fsp3) is 0.571. The number of thioether (sulfide) groups is 1. The Kier molecular flexibility index (Phi) is 7.50. The first-order valence-corrected chi connectivity index (χ1v) is 11.0. The van der Waals surface area contributed by atoms with Crippen LogP contribution in [0.25, 0.3) is 10.9 Å². The molecule has 0 N–H and O–H groups in total. The normalized spacial score (nSPS) is 15.1. The predicted molar refractivity (Wildman–Crippen MR) is 113 cm³/mol. The van der Waals surface area contributed by atoms with Crippen molar-refractivity contribution in [3.8, 4) is 0 Å². The Bertz CT molecular complexity index is 862. The zero-order valence-electron chi connectivity index (χ0n) is 16.7. The lowest BCUT2D eigenvalue weighted by Crippen LogP contribution is -2.39. The van der Waals surface area contributed by atoms with Gasteiger partial charge >= 0.3 is 0 Å². The number of carbonyl (C=O) groups is 1. The maximum atomic E-state index is 12.9. The molecular formula is C21H29N3O3S. The van der Waals surface area contributed by atoms with E-state index in [-0.39, 0.29) is 11.5 Å². The number of hydrogen-bond acceptors (Lipinski definition) is 5. The molecule has 1 heterocycles. The highest BCUT2D eigenvalue weighted by atomic mass is 32.2. The number of ether oxygens (including phenoxy) is 1. The summed E-state index contributed by atoms with van der Waals surface area (Å²) in [7, 11) is 3.55. The largest absolute Gasteiger partial charge is 0.385 e. The minimum Gasteiger partial charge on any atom is -0.385 e. The Morgan fingerprint density at radius 3 is 2.79 bits per heavy atom. The SMILES string of the molecule is COCCCn1c(SCC(=O)N(C)C2CCCCC2)nc2ccccc2c1=O. The summed E-state index contributed by atoms with van der Waals surface area (Å²) in [6, 6.07) is 7.71. The van der Waals surface area contributed by atoms with Gasteiger partial charge in [0.25, 0.3) is 5.56 Å². The molecule has 1 fully saturated rings. The second-order valence-electron chi connectivity index (χ2n) is 7.30. The molecule has 1 aliphatic carbocycles. The van der Waals surface area contributed by atoms with Crippen LogP contribution in [0.15, 0.2) is 34.2 Å². The van der Waals surface area contributed by atoms with Crippen molar-refractivity contribution in [3.05, 3.63) is 34.6 Å². The molecule has 0 spiro atoms. The lowest BCUT2D eigenvalue weighted by atomic mass is 9.94. The third-order valence-corrected chi connectivity index (χ3v) is 6.36. The van der Waals surface area contributed by atoms with Crippen molar-refractivity contribution < 1.29 is 9.53 Å². The lowest BCUT2D eigenvalue weighted by Gasteiger charge is -2.31. The van der Waals surface area contributed by atoms with Crippen molar-refractivity contribution in [1.82, 2.24) is 14.5 Å². The highest BCUT2D eigenvalue weighted by Gasteiger charge is 2.22. The molecule has 3 rings (SSSR count).